The molecule has 12 heavy (non-hydrogen) atoms. The minimum absolute atomic E-state index is 0.693. The predicted molar refractivity (Wildman–Crippen MR) is 43.9 cm³/mol. The van der Waals surface area contributed by atoms with Gasteiger partial charge in [0, 0.05) is 19.0 Å². The molecule has 1 saturated heterocycles. The van der Waals surface area contributed by atoms with Crippen molar-refractivity contribution in [1.29, 1.82) is 5.41 Å². The first kappa shape index (κ1) is 7.34. The zero-order chi connectivity index (χ0) is 8.39. The molecule has 0 spiro atoms. The van der Waals surface area contributed by atoms with Crippen LogP contribution < -0.4 is 0 Å². The van der Waals surface area contributed by atoms with Crippen molar-refractivity contribution in [2.45, 2.75) is 19.4 Å². The van der Waals surface area contributed by atoms with Crippen LogP contribution in [0.4, 0.5) is 0 Å². The van der Waals surface area contributed by atoms with E-state index in [-0.39, 0.29) is 0 Å². The monoisotopic (exact) mass is 165 g/mol. The Balaban J connectivity index is 1.99. The van der Waals surface area contributed by atoms with Crippen molar-refractivity contribution in [3.63, 3.8) is 0 Å². The first-order valence-electron chi connectivity index (χ1n) is 4.08. The number of likely N-dealkylation sites (tertiary alicyclic amines) is 1. The molecule has 2 rings (SSSR count). The van der Waals surface area contributed by atoms with Crippen LogP contribution in [0.1, 0.15) is 18.6 Å². The average molecular weight is 165 g/mol. The van der Waals surface area contributed by atoms with Crippen molar-refractivity contribution in [2.75, 3.05) is 6.54 Å². The Morgan fingerprint density at radius 2 is 2.58 bits per heavy atom. The van der Waals surface area contributed by atoms with Gasteiger partial charge in [0.2, 0.25) is 0 Å². The highest BCUT2D eigenvalue weighted by Gasteiger charge is 2.17. The summed E-state index contributed by atoms with van der Waals surface area (Å²) in [6.07, 6.45) is 3.62. The van der Waals surface area contributed by atoms with E-state index in [2.05, 4.69) is 5.16 Å². The minimum atomic E-state index is 0.693. The molecule has 1 aliphatic heterocycles. The summed E-state index contributed by atoms with van der Waals surface area (Å²) < 4.78 is 4.96. The maximum Gasteiger partial charge on any atom is 0.155 e. The van der Waals surface area contributed by atoms with Gasteiger partial charge in [-0.3, -0.25) is 5.41 Å². The van der Waals surface area contributed by atoms with Gasteiger partial charge in [-0.25, -0.2) is 0 Å². The van der Waals surface area contributed by atoms with E-state index in [4.69, 9.17) is 9.93 Å². The molecule has 0 aliphatic carbocycles. The summed E-state index contributed by atoms with van der Waals surface area (Å²) in [5.41, 5.74) is 0. The van der Waals surface area contributed by atoms with Crippen LogP contribution in [0.25, 0.3) is 0 Å². The Kier molecular flexibility index (Phi) is 1.81. The summed E-state index contributed by atoms with van der Waals surface area (Å²) >= 11 is 0. The van der Waals surface area contributed by atoms with Crippen LogP contribution in [0.15, 0.2) is 16.8 Å². The number of nitrogens with zero attached hydrogens (tertiary/aromatic N) is 2. The molecule has 0 unspecified atom stereocenters. The van der Waals surface area contributed by atoms with Gasteiger partial charge in [0.05, 0.1) is 18.6 Å². The Morgan fingerprint density at radius 3 is 3.17 bits per heavy atom. The SMILES string of the molecule is N=C1CCCN1Cc1ccno1. The molecule has 1 N–H and O–H groups in total. The molecule has 64 valence electrons. The third kappa shape index (κ3) is 1.32. The Bertz CT molecular complexity index is 268. The van der Waals surface area contributed by atoms with Gasteiger partial charge in [0.15, 0.2) is 5.76 Å². The Hall–Kier alpha value is -1.32. The highest BCUT2D eigenvalue weighted by atomic mass is 16.5. The fourth-order valence-corrected chi connectivity index (χ4v) is 1.42. The number of aromatic nitrogens is 1. The van der Waals surface area contributed by atoms with Crippen LogP contribution in [0.2, 0.25) is 0 Å². The predicted octanol–water partition coefficient (Wildman–Crippen LogP) is 1.25. The van der Waals surface area contributed by atoms with Crippen LogP contribution >= 0.6 is 0 Å². The molecule has 1 aromatic rings. The van der Waals surface area contributed by atoms with Crippen molar-refractivity contribution in [2.24, 2.45) is 0 Å². The van der Waals surface area contributed by atoms with E-state index in [1.165, 1.54) is 0 Å². The molecule has 1 aliphatic rings. The maximum atomic E-state index is 7.57. The molecule has 0 radical (unpaired) electrons. The summed E-state index contributed by atoms with van der Waals surface area (Å²) in [4.78, 5) is 2.01. The third-order valence-corrected chi connectivity index (χ3v) is 2.06. The van der Waals surface area contributed by atoms with E-state index in [0.717, 1.165) is 25.1 Å². The fraction of sp³-hybridized carbons (Fsp3) is 0.500. The first-order chi connectivity index (χ1) is 5.86. The highest BCUT2D eigenvalue weighted by molar-refractivity contribution is 5.80. The molecule has 0 saturated carbocycles. The zero-order valence-corrected chi connectivity index (χ0v) is 6.79. The van der Waals surface area contributed by atoms with Crippen LogP contribution in [-0.4, -0.2) is 22.4 Å². The molecular weight excluding hydrogens is 154 g/mol. The van der Waals surface area contributed by atoms with Gasteiger partial charge in [0.1, 0.15) is 0 Å². The van der Waals surface area contributed by atoms with Gasteiger partial charge in [-0.15, -0.1) is 0 Å². The molecule has 4 heteroatoms. The molecular formula is C8H11N3O. The standard InChI is InChI=1S/C8H11N3O/c9-8-2-1-5-11(8)6-7-3-4-10-12-7/h3-4,9H,1-2,5-6H2. The summed E-state index contributed by atoms with van der Waals surface area (Å²) in [5.74, 6) is 1.55. The van der Waals surface area contributed by atoms with Gasteiger partial charge in [-0.2, -0.15) is 0 Å². The van der Waals surface area contributed by atoms with E-state index in [0.29, 0.717) is 12.4 Å². The number of amidine groups is 1. The second-order valence-electron chi connectivity index (χ2n) is 2.95. The molecule has 4 nitrogen and oxygen atoms in total. The number of hydrogen-bond donors (Lipinski definition) is 1. The van der Waals surface area contributed by atoms with Crippen molar-refractivity contribution >= 4 is 5.84 Å². The highest BCUT2D eigenvalue weighted by Crippen LogP contribution is 2.13. The van der Waals surface area contributed by atoms with Gasteiger partial charge in [-0.05, 0) is 6.42 Å². The summed E-state index contributed by atoms with van der Waals surface area (Å²) in [6, 6.07) is 1.84. The lowest BCUT2D eigenvalue weighted by Crippen LogP contribution is -2.22. The van der Waals surface area contributed by atoms with Crippen molar-refractivity contribution < 1.29 is 4.52 Å². The largest absolute Gasteiger partial charge is 0.360 e. The van der Waals surface area contributed by atoms with Crippen molar-refractivity contribution in [3.8, 4) is 0 Å². The van der Waals surface area contributed by atoms with Gasteiger partial charge >= 0.3 is 0 Å². The maximum absolute atomic E-state index is 7.57. The summed E-state index contributed by atoms with van der Waals surface area (Å²) in [6.45, 7) is 1.67. The van der Waals surface area contributed by atoms with Crippen molar-refractivity contribution in [3.05, 3.63) is 18.0 Å². The van der Waals surface area contributed by atoms with Gasteiger partial charge in [0.25, 0.3) is 0 Å². The number of nitrogens with one attached hydrogen (secondary N) is 1. The third-order valence-electron chi connectivity index (χ3n) is 2.06. The lowest BCUT2D eigenvalue weighted by atomic mass is 10.4. The van der Waals surface area contributed by atoms with E-state index in [1.807, 2.05) is 11.0 Å². The molecule has 0 amide bonds. The van der Waals surface area contributed by atoms with Crippen molar-refractivity contribution in [1.82, 2.24) is 10.1 Å². The minimum Gasteiger partial charge on any atom is -0.360 e. The zero-order valence-electron chi connectivity index (χ0n) is 6.79. The van der Waals surface area contributed by atoms with Crippen LogP contribution in [0.5, 0.6) is 0 Å². The topological polar surface area (TPSA) is 53.1 Å². The number of rotatable bonds is 2. The lowest BCUT2D eigenvalue weighted by Gasteiger charge is -2.14. The van der Waals surface area contributed by atoms with Gasteiger partial charge < -0.3 is 9.42 Å². The van der Waals surface area contributed by atoms with E-state index in [9.17, 15) is 0 Å². The molecule has 2 heterocycles. The summed E-state index contributed by atoms with van der Waals surface area (Å²) in [7, 11) is 0. The summed E-state index contributed by atoms with van der Waals surface area (Å²) in [5, 5.41) is 11.2. The Labute approximate surface area is 70.7 Å². The fourth-order valence-electron chi connectivity index (χ4n) is 1.42. The quantitative estimate of drug-likeness (QED) is 0.717. The van der Waals surface area contributed by atoms with Crippen LogP contribution in [0.3, 0.4) is 0 Å². The van der Waals surface area contributed by atoms with E-state index < -0.39 is 0 Å². The van der Waals surface area contributed by atoms with Crippen LogP contribution in [-0.2, 0) is 6.54 Å². The Morgan fingerprint density at radius 1 is 1.67 bits per heavy atom. The second-order valence-corrected chi connectivity index (χ2v) is 2.95. The smallest absolute Gasteiger partial charge is 0.155 e. The molecule has 0 aromatic carbocycles. The lowest BCUT2D eigenvalue weighted by molar-refractivity contribution is 0.328. The first-order valence-corrected chi connectivity index (χ1v) is 4.08. The second kappa shape index (κ2) is 2.97. The molecule has 0 atom stereocenters. The van der Waals surface area contributed by atoms with E-state index in [1.54, 1.807) is 6.20 Å². The molecule has 0 bridgehead atoms. The normalized spacial score (nSPS) is 17.3. The number of hydrogen-bond acceptors (Lipinski definition) is 3. The van der Waals surface area contributed by atoms with Crippen LogP contribution in [0, 0.1) is 5.41 Å². The molecule has 1 aromatic heterocycles. The van der Waals surface area contributed by atoms with E-state index >= 15 is 0 Å². The molecule has 1 fully saturated rings. The van der Waals surface area contributed by atoms with Gasteiger partial charge in [-0.1, -0.05) is 5.16 Å². The average Bonchev–Trinajstić information content (AvgIpc) is 2.65.